The zero-order valence-corrected chi connectivity index (χ0v) is 9.95. The van der Waals surface area contributed by atoms with Gasteiger partial charge in [-0.05, 0) is 38.5 Å². The molecule has 0 aromatic carbocycles. The molecule has 0 spiro atoms. The molecule has 0 N–H and O–H groups in total. The zero-order chi connectivity index (χ0) is 11.7. The minimum absolute atomic E-state index is 0.608. The molecule has 88 valence electrons. The largest absolute Gasteiger partial charge is 0.341 e. The summed E-state index contributed by atoms with van der Waals surface area (Å²) in [5.74, 6) is 0.778. The molecule has 1 fully saturated rings. The molecule has 17 heavy (non-hydrogen) atoms. The van der Waals surface area contributed by atoms with Gasteiger partial charge < -0.3 is 4.90 Å². The van der Waals surface area contributed by atoms with Crippen molar-refractivity contribution in [3.05, 3.63) is 17.0 Å². The Kier molecular flexibility index (Phi) is 2.68. The van der Waals surface area contributed by atoms with Crippen LogP contribution in [0.25, 0.3) is 0 Å². The third kappa shape index (κ3) is 1.86. The van der Waals surface area contributed by atoms with E-state index in [0.717, 1.165) is 49.6 Å². The Hall–Kier alpha value is -1.63. The average molecular weight is 228 g/mol. The predicted octanol–water partition coefficient (Wildman–Crippen LogP) is 1.83. The second-order valence-electron chi connectivity index (χ2n) is 4.81. The van der Waals surface area contributed by atoms with Gasteiger partial charge in [-0.15, -0.1) is 0 Å². The van der Waals surface area contributed by atoms with E-state index in [1.165, 1.54) is 19.3 Å². The molecular weight excluding hydrogens is 212 g/mol. The van der Waals surface area contributed by atoms with Gasteiger partial charge in [0, 0.05) is 18.7 Å². The maximum absolute atomic E-state index is 9.20. The number of anilines is 1. The molecule has 0 bridgehead atoms. The topological polar surface area (TPSA) is 52.8 Å². The van der Waals surface area contributed by atoms with Gasteiger partial charge in [-0.1, -0.05) is 0 Å². The highest BCUT2D eigenvalue weighted by Crippen LogP contribution is 2.25. The van der Waals surface area contributed by atoms with Crippen LogP contribution < -0.4 is 4.90 Å². The summed E-state index contributed by atoms with van der Waals surface area (Å²) >= 11 is 0. The van der Waals surface area contributed by atoms with Crippen LogP contribution in [0.15, 0.2) is 0 Å². The van der Waals surface area contributed by atoms with Crippen LogP contribution in [-0.4, -0.2) is 23.1 Å². The summed E-state index contributed by atoms with van der Waals surface area (Å²) in [6.07, 6.45) is 6.75. The lowest BCUT2D eigenvalue weighted by Gasteiger charge is -2.20. The molecule has 0 radical (unpaired) electrons. The summed E-state index contributed by atoms with van der Waals surface area (Å²) in [7, 11) is 0. The third-order valence-corrected chi connectivity index (χ3v) is 3.67. The van der Waals surface area contributed by atoms with Crippen LogP contribution >= 0.6 is 0 Å². The average Bonchev–Trinajstić information content (AvgIpc) is 2.91. The molecule has 1 aliphatic heterocycles. The summed E-state index contributed by atoms with van der Waals surface area (Å²) in [5.41, 5.74) is 2.82. The number of hydrogen-bond acceptors (Lipinski definition) is 4. The van der Waals surface area contributed by atoms with Gasteiger partial charge in [0.05, 0.1) is 5.69 Å². The molecule has 2 aliphatic rings. The van der Waals surface area contributed by atoms with Gasteiger partial charge in [0.1, 0.15) is 11.8 Å². The first kappa shape index (κ1) is 10.5. The van der Waals surface area contributed by atoms with Crippen LogP contribution in [0.3, 0.4) is 0 Å². The zero-order valence-electron chi connectivity index (χ0n) is 9.95. The van der Waals surface area contributed by atoms with Crippen molar-refractivity contribution in [2.75, 3.05) is 18.0 Å². The fourth-order valence-electron chi connectivity index (χ4n) is 2.73. The second-order valence-corrected chi connectivity index (χ2v) is 4.81. The van der Waals surface area contributed by atoms with Crippen molar-refractivity contribution in [2.24, 2.45) is 0 Å². The van der Waals surface area contributed by atoms with Gasteiger partial charge in [0.2, 0.25) is 5.95 Å². The van der Waals surface area contributed by atoms with Gasteiger partial charge in [0.25, 0.3) is 0 Å². The van der Waals surface area contributed by atoms with Gasteiger partial charge in [-0.3, -0.25) is 0 Å². The first-order valence-electron chi connectivity index (χ1n) is 6.43. The van der Waals surface area contributed by atoms with Crippen LogP contribution in [0.4, 0.5) is 5.95 Å². The first-order valence-corrected chi connectivity index (χ1v) is 6.43. The van der Waals surface area contributed by atoms with E-state index in [9.17, 15) is 5.26 Å². The van der Waals surface area contributed by atoms with E-state index in [-0.39, 0.29) is 0 Å². The molecule has 4 heteroatoms. The fourth-order valence-corrected chi connectivity index (χ4v) is 2.73. The van der Waals surface area contributed by atoms with Gasteiger partial charge >= 0.3 is 0 Å². The standard InChI is InChI=1S/C13H16N4/c14-9-12-10-5-1-2-6-11(10)15-13(16-12)17-7-3-4-8-17/h1-8H2. The first-order chi connectivity index (χ1) is 8.38. The number of fused-ring (bicyclic) bond motifs is 1. The molecule has 0 amide bonds. The number of aryl methyl sites for hydroxylation is 1. The predicted molar refractivity (Wildman–Crippen MR) is 64.8 cm³/mol. The summed E-state index contributed by atoms with van der Waals surface area (Å²) in [6.45, 7) is 2.06. The van der Waals surface area contributed by atoms with Crippen molar-refractivity contribution >= 4 is 5.95 Å². The van der Waals surface area contributed by atoms with Crippen molar-refractivity contribution in [1.82, 2.24) is 9.97 Å². The van der Waals surface area contributed by atoms with Crippen LogP contribution in [0.1, 0.15) is 42.6 Å². The van der Waals surface area contributed by atoms with Crippen LogP contribution in [0, 0.1) is 11.3 Å². The van der Waals surface area contributed by atoms with E-state index >= 15 is 0 Å². The second kappa shape index (κ2) is 4.33. The quantitative estimate of drug-likeness (QED) is 0.735. The minimum atomic E-state index is 0.608. The number of rotatable bonds is 1. The molecule has 3 rings (SSSR count). The minimum Gasteiger partial charge on any atom is -0.341 e. The van der Waals surface area contributed by atoms with E-state index < -0.39 is 0 Å². The molecular formula is C13H16N4. The molecule has 1 aromatic heterocycles. The van der Waals surface area contributed by atoms with E-state index in [2.05, 4.69) is 20.9 Å². The molecule has 0 unspecified atom stereocenters. The van der Waals surface area contributed by atoms with Crippen molar-refractivity contribution in [2.45, 2.75) is 38.5 Å². The van der Waals surface area contributed by atoms with Crippen molar-refractivity contribution < 1.29 is 0 Å². The highest BCUT2D eigenvalue weighted by molar-refractivity contribution is 5.43. The smallest absolute Gasteiger partial charge is 0.226 e. The van der Waals surface area contributed by atoms with Crippen LogP contribution in [-0.2, 0) is 12.8 Å². The van der Waals surface area contributed by atoms with Crippen molar-refractivity contribution in [1.29, 1.82) is 5.26 Å². The molecule has 1 aromatic rings. The van der Waals surface area contributed by atoms with E-state index in [1.54, 1.807) is 0 Å². The maximum atomic E-state index is 9.20. The fraction of sp³-hybridized carbons (Fsp3) is 0.615. The third-order valence-electron chi connectivity index (χ3n) is 3.67. The Bertz CT molecular complexity index is 469. The Labute approximate surface area is 101 Å². The molecule has 1 aliphatic carbocycles. The molecule has 0 atom stereocenters. The van der Waals surface area contributed by atoms with Crippen LogP contribution in [0.2, 0.25) is 0 Å². The van der Waals surface area contributed by atoms with E-state index in [4.69, 9.17) is 0 Å². The Morgan fingerprint density at radius 2 is 1.76 bits per heavy atom. The normalized spacial score (nSPS) is 18.9. The van der Waals surface area contributed by atoms with E-state index in [1.807, 2.05) is 0 Å². The Morgan fingerprint density at radius 3 is 2.53 bits per heavy atom. The molecule has 4 nitrogen and oxygen atoms in total. The lowest BCUT2D eigenvalue weighted by Crippen LogP contribution is -2.23. The van der Waals surface area contributed by atoms with E-state index in [0.29, 0.717) is 5.69 Å². The highest BCUT2D eigenvalue weighted by atomic mass is 15.3. The lowest BCUT2D eigenvalue weighted by molar-refractivity contribution is 0.657. The summed E-state index contributed by atoms with van der Waals surface area (Å²) in [4.78, 5) is 11.3. The van der Waals surface area contributed by atoms with Gasteiger partial charge in [-0.25, -0.2) is 9.97 Å². The SMILES string of the molecule is N#Cc1nc(N2CCCC2)nc2c1CCCC2. The summed E-state index contributed by atoms with van der Waals surface area (Å²) in [5, 5.41) is 9.20. The summed E-state index contributed by atoms with van der Waals surface area (Å²) < 4.78 is 0. The Balaban J connectivity index is 2.03. The molecule has 2 heterocycles. The Morgan fingerprint density at radius 1 is 1.00 bits per heavy atom. The maximum Gasteiger partial charge on any atom is 0.226 e. The van der Waals surface area contributed by atoms with Crippen LogP contribution in [0.5, 0.6) is 0 Å². The number of nitriles is 1. The molecule has 1 saturated heterocycles. The molecule has 0 saturated carbocycles. The van der Waals surface area contributed by atoms with Gasteiger partial charge in [-0.2, -0.15) is 5.26 Å². The summed E-state index contributed by atoms with van der Waals surface area (Å²) in [6, 6.07) is 2.24. The van der Waals surface area contributed by atoms with Gasteiger partial charge in [0.15, 0.2) is 0 Å². The highest BCUT2D eigenvalue weighted by Gasteiger charge is 2.21. The number of aromatic nitrogens is 2. The van der Waals surface area contributed by atoms with Crippen molar-refractivity contribution in [3.8, 4) is 6.07 Å². The van der Waals surface area contributed by atoms with Crippen molar-refractivity contribution in [3.63, 3.8) is 0 Å². The lowest BCUT2D eigenvalue weighted by atomic mass is 9.95. The monoisotopic (exact) mass is 228 g/mol. The number of hydrogen-bond donors (Lipinski definition) is 0. The number of nitrogens with zero attached hydrogens (tertiary/aromatic N) is 4.